The van der Waals surface area contributed by atoms with Crippen molar-refractivity contribution in [2.45, 2.75) is 19.4 Å². The number of carbonyl (C=O) groups is 2. The Bertz CT molecular complexity index is 884. The summed E-state index contributed by atoms with van der Waals surface area (Å²) < 4.78 is 10.6. The molecule has 0 radical (unpaired) electrons. The number of carbonyl (C=O) groups excluding carboxylic acids is 2. The Labute approximate surface area is 155 Å². The SMILES string of the molecule is O=C(NCc1ccc2c(c1)OCO2)c1ccc(Cl)c(N2CCCC2=O)c1. The van der Waals surface area contributed by atoms with Crippen LogP contribution in [0, 0.1) is 0 Å². The minimum atomic E-state index is -0.229. The first-order valence-corrected chi connectivity index (χ1v) is 8.76. The normalized spacial score (nSPS) is 15.4. The van der Waals surface area contributed by atoms with Crippen molar-refractivity contribution in [1.29, 1.82) is 0 Å². The molecule has 0 unspecified atom stereocenters. The molecule has 1 N–H and O–H groups in total. The molecule has 2 amide bonds. The summed E-state index contributed by atoms with van der Waals surface area (Å²) in [6.07, 6.45) is 1.31. The first kappa shape index (κ1) is 16.7. The maximum absolute atomic E-state index is 12.5. The zero-order valence-electron chi connectivity index (χ0n) is 14.0. The van der Waals surface area contributed by atoms with E-state index >= 15 is 0 Å². The molecular formula is C19H17ClN2O4. The standard InChI is InChI=1S/C19H17ClN2O4/c20-14-5-4-13(9-15(14)22-7-1-2-18(22)23)19(24)21-10-12-3-6-16-17(8-12)26-11-25-16/h3-6,8-9H,1-2,7,10-11H2,(H,21,24). The van der Waals surface area contributed by atoms with Crippen LogP contribution in [0.2, 0.25) is 5.02 Å². The van der Waals surface area contributed by atoms with E-state index in [0.717, 1.165) is 12.0 Å². The first-order chi connectivity index (χ1) is 12.6. The van der Waals surface area contributed by atoms with Crippen molar-refractivity contribution in [1.82, 2.24) is 5.32 Å². The molecule has 134 valence electrons. The number of hydrogen-bond donors (Lipinski definition) is 1. The highest BCUT2D eigenvalue weighted by atomic mass is 35.5. The van der Waals surface area contributed by atoms with Gasteiger partial charge >= 0.3 is 0 Å². The fourth-order valence-electron chi connectivity index (χ4n) is 3.10. The molecule has 26 heavy (non-hydrogen) atoms. The Morgan fingerprint density at radius 3 is 2.81 bits per heavy atom. The van der Waals surface area contributed by atoms with Crippen LogP contribution in [0.3, 0.4) is 0 Å². The molecule has 2 aromatic carbocycles. The van der Waals surface area contributed by atoms with Crippen LogP contribution in [0.5, 0.6) is 11.5 Å². The predicted octanol–water partition coefficient (Wildman–Crippen LogP) is 3.13. The van der Waals surface area contributed by atoms with Gasteiger partial charge in [0.15, 0.2) is 11.5 Å². The van der Waals surface area contributed by atoms with E-state index in [1.807, 2.05) is 18.2 Å². The highest BCUT2D eigenvalue weighted by Gasteiger charge is 2.24. The molecular weight excluding hydrogens is 356 g/mol. The zero-order valence-corrected chi connectivity index (χ0v) is 14.7. The molecule has 2 heterocycles. The van der Waals surface area contributed by atoms with Crippen molar-refractivity contribution >= 4 is 29.1 Å². The van der Waals surface area contributed by atoms with Gasteiger partial charge in [-0.1, -0.05) is 17.7 Å². The maximum Gasteiger partial charge on any atom is 0.251 e. The van der Waals surface area contributed by atoms with Crippen molar-refractivity contribution in [2.24, 2.45) is 0 Å². The summed E-state index contributed by atoms with van der Waals surface area (Å²) in [7, 11) is 0. The summed E-state index contributed by atoms with van der Waals surface area (Å²) >= 11 is 6.22. The van der Waals surface area contributed by atoms with Crippen LogP contribution in [0.15, 0.2) is 36.4 Å². The third-order valence-electron chi connectivity index (χ3n) is 4.46. The van der Waals surface area contributed by atoms with Gasteiger partial charge in [-0.2, -0.15) is 0 Å². The topological polar surface area (TPSA) is 67.9 Å². The fraction of sp³-hybridized carbons (Fsp3) is 0.263. The average Bonchev–Trinajstić information content (AvgIpc) is 3.28. The zero-order chi connectivity index (χ0) is 18.1. The van der Waals surface area contributed by atoms with Crippen LogP contribution >= 0.6 is 11.6 Å². The van der Waals surface area contributed by atoms with Gasteiger partial charge in [0.05, 0.1) is 10.7 Å². The fourth-order valence-corrected chi connectivity index (χ4v) is 3.32. The minimum Gasteiger partial charge on any atom is -0.454 e. The van der Waals surface area contributed by atoms with E-state index in [2.05, 4.69) is 5.32 Å². The summed E-state index contributed by atoms with van der Waals surface area (Å²) in [6, 6.07) is 10.5. The van der Waals surface area contributed by atoms with Crippen LogP contribution in [0.4, 0.5) is 5.69 Å². The second-order valence-electron chi connectivity index (χ2n) is 6.19. The number of ether oxygens (including phenoxy) is 2. The van der Waals surface area contributed by atoms with Crippen LogP contribution in [-0.4, -0.2) is 25.2 Å². The van der Waals surface area contributed by atoms with Crippen LogP contribution in [0.25, 0.3) is 0 Å². The number of rotatable bonds is 4. The van der Waals surface area contributed by atoms with Crippen molar-refractivity contribution in [3.8, 4) is 11.5 Å². The van der Waals surface area contributed by atoms with Crippen molar-refractivity contribution < 1.29 is 19.1 Å². The lowest BCUT2D eigenvalue weighted by Gasteiger charge is -2.18. The highest BCUT2D eigenvalue weighted by Crippen LogP contribution is 2.33. The Morgan fingerprint density at radius 1 is 1.15 bits per heavy atom. The maximum atomic E-state index is 12.5. The lowest BCUT2D eigenvalue weighted by atomic mass is 10.1. The minimum absolute atomic E-state index is 0.0322. The molecule has 1 fully saturated rings. The summed E-state index contributed by atoms with van der Waals surface area (Å²) in [4.78, 5) is 26.1. The quantitative estimate of drug-likeness (QED) is 0.895. The average molecular weight is 373 g/mol. The molecule has 0 aliphatic carbocycles. The van der Waals surface area contributed by atoms with Gasteiger partial charge < -0.3 is 19.7 Å². The first-order valence-electron chi connectivity index (χ1n) is 8.38. The van der Waals surface area contributed by atoms with Crippen LogP contribution in [-0.2, 0) is 11.3 Å². The molecule has 1 saturated heterocycles. The summed E-state index contributed by atoms with van der Waals surface area (Å²) in [5.41, 5.74) is 1.96. The monoisotopic (exact) mass is 372 g/mol. The van der Waals surface area contributed by atoms with Crippen molar-refractivity contribution in [3.05, 3.63) is 52.5 Å². The number of anilines is 1. The van der Waals surface area contributed by atoms with Gasteiger partial charge in [0.1, 0.15) is 0 Å². The molecule has 0 saturated carbocycles. The molecule has 2 aliphatic heterocycles. The van der Waals surface area contributed by atoms with E-state index in [4.69, 9.17) is 21.1 Å². The summed E-state index contributed by atoms with van der Waals surface area (Å²) in [5, 5.41) is 3.34. The smallest absolute Gasteiger partial charge is 0.251 e. The van der Waals surface area contributed by atoms with Gasteiger partial charge in [0.25, 0.3) is 5.91 Å². The number of hydrogen-bond acceptors (Lipinski definition) is 4. The molecule has 0 spiro atoms. The second kappa shape index (κ2) is 6.88. The van der Waals surface area contributed by atoms with E-state index in [-0.39, 0.29) is 18.6 Å². The molecule has 7 heteroatoms. The number of amides is 2. The van der Waals surface area contributed by atoms with Gasteiger partial charge in [-0.15, -0.1) is 0 Å². The summed E-state index contributed by atoms with van der Waals surface area (Å²) in [6.45, 7) is 1.20. The Kier molecular flexibility index (Phi) is 4.42. The van der Waals surface area contributed by atoms with E-state index in [1.54, 1.807) is 23.1 Å². The van der Waals surface area contributed by atoms with Gasteiger partial charge in [-0.3, -0.25) is 9.59 Å². The molecule has 0 atom stereocenters. The van der Waals surface area contributed by atoms with Crippen LogP contribution < -0.4 is 19.7 Å². The van der Waals surface area contributed by atoms with E-state index in [1.165, 1.54) is 0 Å². The lowest BCUT2D eigenvalue weighted by molar-refractivity contribution is -0.117. The van der Waals surface area contributed by atoms with Gasteiger partial charge in [-0.05, 0) is 42.3 Å². The highest BCUT2D eigenvalue weighted by molar-refractivity contribution is 6.34. The number of nitrogens with one attached hydrogen (secondary N) is 1. The Morgan fingerprint density at radius 2 is 2.00 bits per heavy atom. The van der Waals surface area contributed by atoms with Gasteiger partial charge in [0, 0.05) is 25.1 Å². The number of benzene rings is 2. The lowest BCUT2D eigenvalue weighted by Crippen LogP contribution is -2.26. The van der Waals surface area contributed by atoms with E-state index < -0.39 is 0 Å². The van der Waals surface area contributed by atoms with Crippen molar-refractivity contribution in [3.63, 3.8) is 0 Å². The molecule has 2 aromatic rings. The Hall–Kier alpha value is -2.73. The Balaban J connectivity index is 1.47. The third kappa shape index (κ3) is 3.20. The third-order valence-corrected chi connectivity index (χ3v) is 4.78. The largest absolute Gasteiger partial charge is 0.454 e. The van der Waals surface area contributed by atoms with Gasteiger partial charge in [0.2, 0.25) is 12.7 Å². The van der Waals surface area contributed by atoms with E-state index in [0.29, 0.717) is 47.3 Å². The van der Waals surface area contributed by atoms with Crippen LogP contribution in [0.1, 0.15) is 28.8 Å². The second-order valence-corrected chi connectivity index (χ2v) is 6.59. The van der Waals surface area contributed by atoms with Crippen molar-refractivity contribution in [2.75, 3.05) is 18.2 Å². The predicted molar refractivity (Wildman–Crippen MR) is 96.8 cm³/mol. The van der Waals surface area contributed by atoms with E-state index in [9.17, 15) is 9.59 Å². The molecule has 4 rings (SSSR count). The number of fused-ring (bicyclic) bond motifs is 1. The molecule has 6 nitrogen and oxygen atoms in total. The number of halogens is 1. The molecule has 0 bridgehead atoms. The van der Waals surface area contributed by atoms with Gasteiger partial charge in [-0.25, -0.2) is 0 Å². The summed E-state index contributed by atoms with van der Waals surface area (Å²) in [5.74, 6) is 1.19. The number of nitrogens with zero attached hydrogens (tertiary/aromatic N) is 1. The molecule has 0 aromatic heterocycles. The molecule has 2 aliphatic rings.